The Morgan fingerprint density at radius 3 is 0.812 bits per heavy atom. The second-order valence-corrected chi connectivity index (χ2v) is 20.9. The first-order valence-electron chi connectivity index (χ1n) is 32.5. The van der Waals surface area contributed by atoms with E-state index >= 15 is 0 Å². The normalized spacial score (nSPS) is 13.2. The van der Waals surface area contributed by atoms with Crippen LogP contribution in [0.2, 0.25) is 0 Å². The van der Waals surface area contributed by atoms with E-state index in [-0.39, 0.29) is 37.5 Å². The van der Waals surface area contributed by atoms with Gasteiger partial charge in [0.05, 0.1) is 0 Å². The molecule has 80 heavy (non-hydrogen) atoms. The molecule has 0 aromatic carbocycles. The quantitative estimate of drug-likeness (QED) is 0.0261. The Morgan fingerprint density at radius 2 is 0.500 bits per heavy atom. The van der Waals surface area contributed by atoms with Gasteiger partial charge in [0.25, 0.3) is 0 Å². The van der Waals surface area contributed by atoms with Gasteiger partial charge in [-0.3, -0.25) is 14.4 Å². The Kier molecular flexibility index (Phi) is 62.4. The third-order valence-electron chi connectivity index (χ3n) is 13.2. The fourth-order valence-electron chi connectivity index (χ4n) is 8.45. The zero-order chi connectivity index (χ0) is 57.8. The van der Waals surface area contributed by atoms with Gasteiger partial charge in [-0.2, -0.15) is 0 Å². The molecule has 0 aliphatic rings. The number of allylic oxidation sites excluding steroid dienone is 26. The summed E-state index contributed by atoms with van der Waals surface area (Å²) >= 11 is 0. The fourth-order valence-corrected chi connectivity index (χ4v) is 8.45. The van der Waals surface area contributed by atoms with Crippen molar-refractivity contribution in [3.63, 3.8) is 0 Å². The summed E-state index contributed by atoms with van der Waals surface area (Å²) < 4.78 is 16.9. The van der Waals surface area contributed by atoms with E-state index in [2.05, 4.69) is 179 Å². The van der Waals surface area contributed by atoms with Gasteiger partial charge in [0.1, 0.15) is 13.2 Å². The fraction of sp³-hybridized carbons (Fsp3) is 0.608. The number of carbonyl (C=O) groups excluding carboxylic acids is 3. The van der Waals surface area contributed by atoms with E-state index in [1.807, 2.05) is 0 Å². The van der Waals surface area contributed by atoms with Crippen LogP contribution in [0.1, 0.15) is 271 Å². The predicted octanol–water partition coefficient (Wildman–Crippen LogP) is 22.5. The highest BCUT2D eigenvalue weighted by molar-refractivity contribution is 5.71. The van der Waals surface area contributed by atoms with Crippen LogP contribution in [0.5, 0.6) is 0 Å². The Morgan fingerprint density at radius 1 is 0.263 bits per heavy atom. The SMILES string of the molecule is CC/C=C\C/C=C\C/C=C\C/C=C\C/C=C\C/C=C\C/C=C\CCCC(=O)OCC(COC(=O)CCCCCCCCC/C=C\C/C=C\CCCCCC)OC(=O)CCCCCCCCCC/C=C\C/C=C\C/C=C\C/C=C\CC. The lowest BCUT2D eigenvalue weighted by atomic mass is 10.1. The lowest BCUT2D eigenvalue weighted by Crippen LogP contribution is -2.30. The number of rotatable bonds is 57. The van der Waals surface area contributed by atoms with Gasteiger partial charge < -0.3 is 14.2 Å². The zero-order valence-corrected chi connectivity index (χ0v) is 51.5. The number of hydrogen-bond donors (Lipinski definition) is 0. The minimum Gasteiger partial charge on any atom is -0.462 e. The van der Waals surface area contributed by atoms with E-state index in [9.17, 15) is 14.4 Å². The lowest BCUT2D eigenvalue weighted by Gasteiger charge is -2.18. The Balaban J connectivity index is 4.54. The average Bonchev–Trinajstić information content (AvgIpc) is 3.46. The Hall–Kier alpha value is -4.97. The topological polar surface area (TPSA) is 78.9 Å². The summed E-state index contributed by atoms with van der Waals surface area (Å²) in [7, 11) is 0. The molecular formula is C74H118O6. The van der Waals surface area contributed by atoms with Crippen LogP contribution in [0, 0.1) is 0 Å². The summed E-state index contributed by atoms with van der Waals surface area (Å²) in [5.41, 5.74) is 0. The van der Waals surface area contributed by atoms with Crippen molar-refractivity contribution in [1.82, 2.24) is 0 Å². The highest BCUT2D eigenvalue weighted by atomic mass is 16.6. The van der Waals surface area contributed by atoms with Crippen LogP contribution in [0.3, 0.4) is 0 Å². The summed E-state index contributed by atoms with van der Waals surface area (Å²) in [5.74, 6) is -0.988. The van der Waals surface area contributed by atoms with Crippen molar-refractivity contribution in [3.05, 3.63) is 158 Å². The highest BCUT2D eigenvalue weighted by Gasteiger charge is 2.19. The third kappa shape index (κ3) is 63.9. The van der Waals surface area contributed by atoms with Crippen LogP contribution in [0.15, 0.2) is 158 Å². The maximum absolute atomic E-state index is 12.9. The van der Waals surface area contributed by atoms with Crippen LogP contribution >= 0.6 is 0 Å². The molecule has 1 unspecified atom stereocenters. The smallest absolute Gasteiger partial charge is 0.306 e. The van der Waals surface area contributed by atoms with Crippen molar-refractivity contribution in [3.8, 4) is 0 Å². The van der Waals surface area contributed by atoms with Gasteiger partial charge in [0.15, 0.2) is 6.10 Å². The molecule has 0 rings (SSSR count). The maximum atomic E-state index is 12.9. The third-order valence-corrected chi connectivity index (χ3v) is 13.2. The summed E-state index contributed by atoms with van der Waals surface area (Å²) in [6.07, 6.45) is 96.7. The average molecular weight is 1100 g/mol. The zero-order valence-electron chi connectivity index (χ0n) is 51.5. The molecule has 0 spiro atoms. The number of carbonyl (C=O) groups is 3. The maximum Gasteiger partial charge on any atom is 0.306 e. The molecule has 0 radical (unpaired) electrons. The van der Waals surface area contributed by atoms with E-state index in [0.29, 0.717) is 19.3 Å². The van der Waals surface area contributed by atoms with Crippen LogP contribution in [-0.4, -0.2) is 37.2 Å². The van der Waals surface area contributed by atoms with Crippen molar-refractivity contribution in [1.29, 1.82) is 0 Å². The van der Waals surface area contributed by atoms with Gasteiger partial charge in [-0.15, -0.1) is 0 Å². The molecule has 0 amide bonds. The van der Waals surface area contributed by atoms with Gasteiger partial charge in [0, 0.05) is 19.3 Å². The van der Waals surface area contributed by atoms with Crippen molar-refractivity contribution in [2.45, 2.75) is 277 Å². The molecule has 0 bridgehead atoms. The van der Waals surface area contributed by atoms with Gasteiger partial charge >= 0.3 is 17.9 Å². The van der Waals surface area contributed by atoms with E-state index < -0.39 is 6.10 Å². The van der Waals surface area contributed by atoms with Crippen molar-refractivity contribution in [2.75, 3.05) is 13.2 Å². The Bertz CT molecular complexity index is 1790. The molecule has 0 aromatic heterocycles. The van der Waals surface area contributed by atoms with Crippen molar-refractivity contribution >= 4 is 17.9 Å². The monoisotopic (exact) mass is 1100 g/mol. The Labute approximate surface area is 492 Å². The number of hydrogen-bond acceptors (Lipinski definition) is 6. The van der Waals surface area contributed by atoms with E-state index in [0.717, 1.165) is 135 Å². The van der Waals surface area contributed by atoms with Crippen molar-refractivity contribution in [2.24, 2.45) is 0 Å². The van der Waals surface area contributed by atoms with Gasteiger partial charge in [-0.1, -0.05) is 269 Å². The minimum atomic E-state index is -0.819. The standard InChI is InChI=1S/C74H118O6/c1-4-7-10-13-16-19-22-25-28-31-34-36-37-39-40-43-46-49-52-55-58-61-64-67-73(76)79-70-71(69-78-72(75)66-63-60-57-54-51-48-45-42-33-30-27-24-21-18-15-12-9-6-3)80-74(77)68-65-62-59-56-53-50-47-44-41-38-35-32-29-26-23-20-17-14-11-8-5-2/h7-8,10-11,16-17,19-21,24-26,28-30,33-36,38-40,46,49,55,58,71H,4-6,9,12-15,18,22-23,27,31-32,37,41-45,47-48,50-54,56-57,59-70H2,1-3H3/b10-7-,11-8-,19-16-,20-17-,24-21-,28-25-,29-26-,33-30-,36-34-,38-35-,40-39-,49-46-,58-55-. The molecule has 6 nitrogen and oxygen atoms in total. The van der Waals surface area contributed by atoms with Crippen LogP contribution in [0.25, 0.3) is 0 Å². The molecule has 0 heterocycles. The van der Waals surface area contributed by atoms with Gasteiger partial charge in [0.2, 0.25) is 0 Å². The molecule has 6 heteroatoms. The van der Waals surface area contributed by atoms with E-state index in [4.69, 9.17) is 14.2 Å². The molecule has 0 saturated heterocycles. The first-order valence-corrected chi connectivity index (χ1v) is 32.5. The van der Waals surface area contributed by atoms with E-state index in [1.165, 1.54) is 89.9 Å². The van der Waals surface area contributed by atoms with Gasteiger partial charge in [-0.25, -0.2) is 0 Å². The van der Waals surface area contributed by atoms with Crippen molar-refractivity contribution < 1.29 is 28.6 Å². The largest absolute Gasteiger partial charge is 0.462 e. The molecule has 1 atom stereocenters. The summed E-state index contributed by atoms with van der Waals surface area (Å²) in [5, 5.41) is 0. The number of esters is 3. The second kappa shape index (κ2) is 66.5. The molecular weight excluding hydrogens is 985 g/mol. The molecule has 0 aliphatic carbocycles. The van der Waals surface area contributed by atoms with Crippen LogP contribution in [0.4, 0.5) is 0 Å². The summed E-state index contributed by atoms with van der Waals surface area (Å²) in [6, 6.07) is 0. The molecule has 0 aromatic rings. The molecule has 0 fully saturated rings. The number of ether oxygens (including phenoxy) is 3. The minimum absolute atomic E-state index is 0.110. The predicted molar refractivity (Wildman–Crippen MR) is 348 cm³/mol. The molecule has 0 saturated carbocycles. The first kappa shape index (κ1) is 75.0. The lowest BCUT2D eigenvalue weighted by molar-refractivity contribution is -0.167. The molecule has 450 valence electrons. The first-order chi connectivity index (χ1) is 39.5. The molecule has 0 aliphatic heterocycles. The van der Waals surface area contributed by atoms with Crippen LogP contribution in [-0.2, 0) is 28.6 Å². The van der Waals surface area contributed by atoms with E-state index in [1.54, 1.807) is 0 Å². The molecule has 0 N–H and O–H groups in total. The second-order valence-electron chi connectivity index (χ2n) is 20.9. The highest BCUT2D eigenvalue weighted by Crippen LogP contribution is 2.14. The number of unbranched alkanes of at least 4 members (excludes halogenated alkanes) is 20. The van der Waals surface area contributed by atoms with Gasteiger partial charge in [-0.05, 0) is 141 Å². The summed E-state index contributed by atoms with van der Waals surface area (Å²) in [6.45, 7) is 6.34. The summed E-state index contributed by atoms with van der Waals surface area (Å²) in [4.78, 5) is 38.4. The van der Waals surface area contributed by atoms with Crippen LogP contribution < -0.4 is 0 Å².